The maximum atomic E-state index is 12.5. The number of amides is 1. The molecule has 152 valence electrons. The standard InChI is InChI=1S/C18H26N6O3S/c1-18(2,3)28(26,27)22-15-6-4-13(5-7-15)17(25)21-14-8-10-16(11-9-14)24-20-12-19-23-24/h8-13,15,22H,4-7H2,1-3H3,(H,21,25). The molecule has 0 aliphatic heterocycles. The Kier molecular flexibility index (Phi) is 5.80. The summed E-state index contributed by atoms with van der Waals surface area (Å²) in [6.45, 7) is 5.04. The molecule has 1 aliphatic rings. The predicted molar refractivity (Wildman–Crippen MR) is 105 cm³/mol. The number of tetrazole rings is 1. The molecule has 9 nitrogen and oxygen atoms in total. The highest BCUT2D eigenvalue weighted by atomic mass is 32.2. The summed E-state index contributed by atoms with van der Waals surface area (Å²) in [4.78, 5) is 13.9. The van der Waals surface area contributed by atoms with Gasteiger partial charge in [0.15, 0.2) is 6.33 Å². The summed E-state index contributed by atoms with van der Waals surface area (Å²) in [6.07, 6.45) is 3.98. The van der Waals surface area contributed by atoms with Crippen molar-refractivity contribution < 1.29 is 13.2 Å². The van der Waals surface area contributed by atoms with E-state index in [2.05, 4.69) is 25.4 Å². The van der Waals surface area contributed by atoms with E-state index >= 15 is 0 Å². The molecule has 10 heteroatoms. The van der Waals surface area contributed by atoms with E-state index in [1.165, 1.54) is 11.1 Å². The molecule has 1 aromatic carbocycles. The molecule has 0 bridgehead atoms. The van der Waals surface area contributed by atoms with E-state index in [4.69, 9.17) is 0 Å². The Morgan fingerprint density at radius 2 is 1.75 bits per heavy atom. The molecule has 2 N–H and O–H groups in total. The number of aromatic nitrogens is 4. The molecule has 1 aromatic heterocycles. The molecule has 2 aromatic rings. The Morgan fingerprint density at radius 3 is 2.29 bits per heavy atom. The number of carbonyl (C=O) groups is 1. The van der Waals surface area contributed by atoms with Crippen molar-refractivity contribution in [3.63, 3.8) is 0 Å². The number of carbonyl (C=O) groups excluding carboxylic acids is 1. The first kappa shape index (κ1) is 20.4. The van der Waals surface area contributed by atoms with E-state index in [1.807, 2.05) is 0 Å². The van der Waals surface area contributed by atoms with Gasteiger partial charge in [-0.25, -0.2) is 13.1 Å². The quantitative estimate of drug-likeness (QED) is 0.782. The van der Waals surface area contributed by atoms with Gasteiger partial charge in [0, 0.05) is 17.6 Å². The largest absolute Gasteiger partial charge is 0.326 e. The van der Waals surface area contributed by atoms with Gasteiger partial charge in [-0.3, -0.25) is 4.79 Å². The Morgan fingerprint density at radius 1 is 1.11 bits per heavy atom. The fourth-order valence-corrected chi connectivity index (χ4v) is 4.11. The van der Waals surface area contributed by atoms with Gasteiger partial charge in [0.1, 0.15) is 0 Å². The molecule has 1 amide bonds. The summed E-state index contributed by atoms with van der Waals surface area (Å²) in [5, 5.41) is 14.4. The average molecular weight is 407 g/mol. The predicted octanol–water partition coefficient (Wildman–Crippen LogP) is 1.88. The Balaban J connectivity index is 1.51. The highest BCUT2D eigenvalue weighted by Gasteiger charge is 2.34. The van der Waals surface area contributed by atoms with Crippen LogP contribution in [-0.4, -0.2) is 45.3 Å². The molecular weight excluding hydrogens is 380 g/mol. The van der Waals surface area contributed by atoms with Crippen LogP contribution in [0.5, 0.6) is 0 Å². The third-order valence-corrected chi connectivity index (χ3v) is 7.20. The van der Waals surface area contributed by atoms with Gasteiger partial charge in [0.25, 0.3) is 0 Å². The average Bonchev–Trinajstić information content (AvgIpc) is 3.16. The third kappa shape index (κ3) is 4.74. The van der Waals surface area contributed by atoms with Gasteiger partial charge in [0.2, 0.25) is 15.9 Å². The van der Waals surface area contributed by atoms with Crippen molar-refractivity contribution in [2.75, 3.05) is 5.32 Å². The number of sulfonamides is 1. The first-order chi connectivity index (χ1) is 13.2. The zero-order chi connectivity index (χ0) is 20.4. The second kappa shape index (κ2) is 7.96. The van der Waals surface area contributed by atoms with Crippen molar-refractivity contribution in [2.45, 2.75) is 57.2 Å². The second-order valence-corrected chi connectivity index (χ2v) is 10.5. The van der Waals surface area contributed by atoms with E-state index in [0.717, 1.165) is 5.69 Å². The van der Waals surface area contributed by atoms with Gasteiger partial charge in [-0.2, -0.15) is 0 Å². The maximum absolute atomic E-state index is 12.5. The van der Waals surface area contributed by atoms with Crippen LogP contribution in [0, 0.1) is 5.92 Å². The lowest BCUT2D eigenvalue weighted by Crippen LogP contribution is -2.46. The fourth-order valence-electron chi connectivity index (χ4n) is 3.08. The van der Waals surface area contributed by atoms with Crippen molar-refractivity contribution in [3.8, 4) is 5.69 Å². The Labute approximate surface area is 165 Å². The lowest BCUT2D eigenvalue weighted by molar-refractivity contribution is -0.120. The first-order valence-electron chi connectivity index (χ1n) is 9.32. The van der Waals surface area contributed by atoms with Crippen LogP contribution < -0.4 is 10.0 Å². The van der Waals surface area contributed by atoms with Crippen LogP contribution in [-0.2, 0) is 14.8 Å². The molecule has 28 heavy (non-hydrogen) atoms. The van der Waals surface area contributed by atoms with E-state index in [9.17, 15) is 13.2 Å². The highest BCUT2D eigenvalue weighted by molar-refractivity contribution is 7.90. The van der Waals surface area contributed by atoms with E-state index in [0.29, 0.717) is 31.4 Å². The van der Waals surface area contributed by atoms with Crippen LogP contribution >= 0.6 is 0 Å². The van der Waals surface area contributed by atoms with Crippen molar-refractivity contribution in [3.05, 3.63) is 30.6 Å². The van der Waals surface area contributed by atoms with Crippen LogP contribution in [0.15, 0.2) is 30.6 Å². The number of hydrogen-bond donors (Lipinski definition) is 2. The molecule has 0 unspecified atom stereocenters. The normalized spacial score (nSPS) is 20.7. The summed E-state index contributed by atoms with van der Waals surface area (Å²) in [5.74, 6) is -0.157. The lowest BCUT2D eigenvalue weighted by atomic mass is 9.86. The van der Waals surface area contributed by atoms with Gasteiger partial charge in [0.05, 0.1) is 10.4 Å². The Hall–Kier alpha value is -2.33. The number of hydrogen-bond acceptors (Lipinski definition) is 6. The zero-order valence-electron chi connectivity index (χ0n) is 16.3. The zero-order valence-corrected chi connectivity index (χ0v) is 17.1. The summed E-state index contributed by atoms with van der Waals surface area (Å²) in [7, 11) is -3.37. The van der Waals surface area contributed by atoms with Crippen LogP contribution in [0.4, 0.5) is 5.69 Å². The van der Waals surface area contributed by atoms with Crippen molar-refractivity contribution in [1.29, 1.82) is 0 Å². The highest BCUT2D eigenvalue weighted by Crippen LogP contribution is 2.27. The van der Waals surface area contributed by atoms with Gasteiger partial charge in [-0.05, 0) is 75.9 Å². The number of rotatable bonds is 5. The minimum absolute atomic E-state index is 0.0382. The van der Waals surface area contributed by atoms with Gasteiger partial charge >= 0.3 is 0 Å². The number of nitrogens with one attached hydrogen (secondary N) is 2. The minimum Gasteiger partial charge on any atom is -0.326 e. The van der Waals surface area contributed by atoms with Gasteiger partial charge < -0.3 is 5.32 Å². The first-order valence-corrected chi connectivity index (χ1v) is 10.8. The minimum atomic E-state index is -3.37. The number of anilines is 1. The second-order valence-electron chi connectivity index (χ2n) is 8.04. The molecule has 0 atom stereocenters. The molecule has 1 aliphatic carbocycles. The smallest absolute Gasteiger partial charge is 0.227 e. The molecule has 1 fully saturated rings. The third-order valence-electron chi connectivity index (χ3n) is 4.94. The molecular formula is C18H26N6O3S. The van der Waals surface area contributed by atoms with Crippen LogP contribution in [0.3, 0.4) is 0 Å². The molecule has 0 saturated heterocycles. The van der Waals surface area contributed by atoms with Gasteiger partial charge in [-0.1, -0.05) is 0 Å². The Bertz CT molecular complexity index is 896. The van der Waals surface area contributed by atoms with Crippen LogP contribution in [0.1, 0.15) is 46.5 Å². The van der Waals surface area contributed by atoms with E-state index < -0.39 is 14.8 Å². The topological polar surface area (TPSA) is 119 Å². The molecule has 3 rings (SSSR count). The van der Waals surface area contributed by atoms with E-state index in [-0.39, 0.29) is 17.9 Å². The number of nitrogens with zero attached hydrogens (tertiary/aromatic N) is 4. The summed E-state index contributed by atoms with van der Waals surface area (Å²) < 4.78 is 26.5. The maximum Gasteiger partial charge on any atom is 0.227 e. The van der Waals surface area contributed by atoms with Crippen LogP contribution in [0.25, 0.3) is 5.69 Å². The van der Waals surface area contributed by atoms with Crippen molar-refractivity contribution >= 4 is 21.6 Å². The number of benzene rings is 1. The molecule has 1 saturated carbocycles. The monoisotopic (exact) mass is 406 g/mol. The summed E-state index contributed by atoms with van der Waals surface area (Å²) in [6, 6.07) is 7.08. The van der Waals surface area contributed by atoms with E-state index in [1.54, 1.807) is 45.0 Å². The summed E-state index contributed by atoms with van der Waals surface area (Å²) >= 11 is 0. The van der Waals surface area contributed by atoms with Crippen molar-refractivity contribution in [1.82, 2.24) is 24.9 Å². The molecule has 0 spiro atoms. The van der Waals surface area contributed by atoms with Crippen molar-refractivity contribution in [2.24, 2.45) is 5.92 Å². The molecule has 0 radical (unpaired) electrons. The van der Waals surface area contributed by atoms with Gasteiger partial charge in [-0.15, -0.1) is 15.0 Å². The van der Waals surface area contributed by atoms with Crippen LogP contribution in [0.2, 0.25) is 0 Å². The lowest BCUT2D eigenvalue weighted by Gasteiger charge is -2.30. The SMILES string of the molecule is CC(C)(C)S(=O)(=O)NC1CCC(C(=O)Nc2ccc(-n3ncnn3)cc2)CC1. The fraction of sp³-hybridized carbons (Fsp3) is 0.556. The molecule has 1 heterocycles. The summed E-state index contributed by atoms with van der Waals surface area (Å²) in [5.41, 5.74) is 1.45.